The molecule has 2 aliphatic carbocycles. The maximum atomic E-state index is 11.5. The summed E-state index contributed by atoms with van der Waals surface area (Å²) >= 11 is 0. The Labute approximate surface area is 83.8 Å². The van der Waals surface area contributed by atoms with Crippen molar-refractivity contribution in [3.05, 3.63) is 0 Å². The predicted octanol–water partition coefficient (Wildman–Crippen LogP) is 1.22. The maximum Gasteiger partial charge on any atom is 0.309 e. The normalized spacial score (nSPS) is 41.6. The van der Waals surface area contributed by atoms with Crippen LogP contribution in [-0.2, 0) is 14.3 Å². The molecule has 2 atom stereocenters. The molecule has 3 nitrogen and oxygen atoms in total. The third-order valence-corrected chi connectivity index (χ3v) is 4.04. The van der Waals surface area contributed by atoms with E-state index in [4.69, 9.17) is 9.47 Å². The van der Waals surface area contributed by atoms with Gasteiger partial charge in [-0.25, -0.2) is 0 Å². The van der Waals surface area contributed by atoms with E-state index < -0.39 is 0 Å². The molecule has 0 aromatic heterocycles. The van der Waals surface area contributed by atoms with E-state index in [2.05, 4.69) is 0 Å². The lowest BCUT2D eigenvalue weighted by Gasteiger charge is -2.39. The van der Waals surface area contributed by atoms with Gasteiger partial charge in [0.05, 0.1) is 25.7 Å². The third kappa shape index (κ3) is 1.05. The summed E-state index contributed by atoms with van der Waals surface area (Å²) < 4.78 is 10.3. The van der Waals surface area contributed by atoms with Crippen molar-refractivity contribution in [3.63, 3.8) is 0 Å². The summed E-state index contributed by atoms with van der Waals surface area (Å²) in [5.41, 5.74) is 0.471. The fraction of sp³-hybridized carbons (Fsp3) is 0.909. The summed E-state index contributed by atoms with van der Waals surface area (Å²) in [5.74, 6) is 1.52. The molecule has 0 bridgehead atoms. The van der Waals surface area contributed by atoms with E-state index >= 15 is 0 Å². The number of carbonyl (C=O) groups excluding carboxylic acids is 1. The number of esters is 1. The topological polar surface area (TPSA) is 35.5 Å². The molecule has 3 fully saturated rings. The smallest absolute Gasteiger partial charge is 0.309 e. The van der Waals surface area contributed by atoms with Gasteiger partial charge in [-0.3, -0.25) is 4.79 Å². The van der Waals surface area contributed by atoms with Crippen LogP contribution in [0.1, 0.15) is 19.8 Å². The molecule has 1 saturated heterocycles. The molecule has 1 spiro atoms. The van der Waals surface area contributed by atoms with Crippen LogP contribution in [0.5, 0.6) is 0 Å². The molecular weight excluding hydrogens is 180 g/mol. The first-order chi connectivity index (χ1) is 6.76. The van der Waals surface area contributed by atoms with Gasteiger partial charge in [0.2, 0.25) is 0 Å². The molecule has 0 aromatic carbocycles. The molecule has 0 aromatic rings. The fourth-order valence-corrected chi connectivity index (χ4v) is 3.30. The van der Waals surface area contributed by atoms with Gasteiger partial charge in [-0.05, 0) is 31.6 Å². The van der Waals surface area contributed by atoms with Gasteiger partial charge < -0.3 is 9.47 Å². The van der Waals surface area contributed by atoms with E-state index in [0.717, 1.165) is 13.2 Å². The monoisotopic (exact) mass is 196 g/mol. The zero-order chi connectivity index (χ0) is 9.76. The van der Waals surface area contributed by atoms with Crippen molar-refractivity contribution in [2.24, 2.45) is 23.2 Å². The van der Waals surface area contributed by atoms with Crippen LogP contribution < -0.4 is 0 Å². The highest BCUT2D eigenvalue weighted by Crippen LogP contribution is 2.66. The average molecular weight is 196 g/mol. The van der Waals surface area contributed by atoms with Crippen LogP contribution in [0.25, 0.3) is 0 Å². The van der Waals surface area contributed by atoms with Crippen LogP contribution >= 0.6 is 0 Å². The summed E-state index contributed by atoms with van der Waals surface area (Å²) in [6.45, 7) is 4.24. The minimum absolute atomic E-state index is 0.0394. The minimum Gasteiger partial charge on any atom is -0.466 e. The van der Waals surface area contributed by atoms with Crippen molar-refractivity contribution in [3.8, 4) is 0 Å². The first kappa shape index (κ1) is 8.72. The predicted molar refractivity (Wildman–Crippen MR) is 49.6 cm³/mol. The Morgan fingerprint density at radius 1 is 1.43 bits per heavy atom. The van der Waals surface area contributed by atoms with Crippen molar-refractivity contribution >= 4 is 5.97 Å². The van der Waals surface area contributed by atoms with Gasteiger partial charge in [0, 0.05) is 5.41 Å². The highest BCUT2D eigenvalue weighted by atomic mass is 16.5. The summed E-state index contributed by atoms with van der Waals surface area (Å²) in [6.07, 6.45) is 2.39. The third-order valence-electron chi connectivity index (χ3n) is 4.04. The van der Waals surface area contributed by atoms with E-state index in [0.29, 0.717) is 23.9 Å². The molecule has 78 valence electrons. The highest BCUT2D eigenvalue weighted by molar-refractivity contribution is 5.77. The second-order valence-corrected chi connectivity index (χ2v) is 5.01. The van der Waals surface area contributed by atoms with E-state index in [1.165, 1.54) is 12.8 Å². The Kier molecular flexibility index (Phi) is 1.69. The van der Waals surface area contributed by atoms with Crippen LogP contribution in [0.3, 0.4) is 0 Å². The van der Waals surface area contributed by atoms with Crippen molar-refractivity contribution in [2.75, 3.05) is 19.8 Å². The number of ether oxygens (including phenoxy) is 2. The molecular formula is C11H16O3. The van der Waals surface area contributed by atoms with Gasteiger partial charge in [0.25, 0.3) is 0 Å². The van der Waals surface area contributed by atoms with Gasteiger partial charge in [-0.2, -0.15) is 0 Å². The number of rotatable bonds is 2. The van der Waals surface area contributed by atoms with Crippen molar-refractivity contribution < 1.29 is 14.3 Å². The Bertz CT molecular complexity index is 256. The molecule has 1 heterocycles. The standard InChI is InChI=1S/C11H16O3/c1-2-14-10(12)9-7-3-11(4-8(7)9)5-13-6-11/h7-9H,2-6H2,1H3. The largest absolute Gasteiger partial charge is 0.466 e. The second kappa shape index (κ2) is 2.72. The summed E-state index contributed by atoms with van der Waals surface area (Å²) in [4.78, 5) is 11.5. The molecule has 0 radical (unpaired) electrons. The zero-order valence-electron chi connectivity index (χ0n) is 8.49. The van der Waals surface area contributed by atoms with E-state index in [-0.39, 0.29) is 11.9 Å². The SMILES string of the molecule is CCOC(=O)C1C2CC3(COC3)CC21. The Morgan fingerprint density at radius 2 is 2.07 bits per heavy atom. The fourth-order valence-electron chi connectivity index (χ4n) is 3.30. The van der Waals surface area contributed by atoms with Crippen LogP contribution in [0.4, 0.5) is 0 Å². The van der Waals surface area contributed by atoms with Crippen LogP contribution in [0.15, 0.2) is 0 Å². The van der Waals surface area contributed by atoms with Gasteiger partial charge >= 0.3 is 5.97 Å². The van der Waals surface area contributed by atoms with Gasteiger partial charge in [-0.15, -0.1) is 0 Å². The quantitative estimate of drug-likeness (QED) is 0.623. The van der Waals surface area contributed by atoms with Crippen LogP contribution in [-0.4, -0.2) is 25.8 Å². The Morgan fingerprint density at radius 3 is 2.50 bits per heavy atom. The molecule has 3 heteroatoms. The lowest BCUT2D eigenvalue weighted by atomic mass is 9.80. The number of fused-ring (bicyclic) bond motifs is 1. The summed E-state index contributed by atoms with van der Waals surface area (Å²) in [5, 5.41) is 0. The average Bonchev–Trinajstić information content (AvgIpc) is 2.60. The lowest BCUT2D eigenvalue weighted by Crippen LogP contribution is -2.41. The maximum absolute atomic E-state index is 11.5. The number of hydrogen-bond donors (Lipinski definition) is 0. The molecule has 2 saturated carbocycles. The molecule has 14 heavy (non-hydrogen) atoms. The molecule has 0 amide bonds. The molecule has 0 N–H and O–H groups in total. The van der Waals surface area contributed by atoms with Crippen LogP contribution in [0.2, 0.25) is 0 Å². The van der Waals surface area contributed by atoms with Crippen molar-refractivity contribution in [1.29, 1.82) is 0 Å². The number of hydrogen-bond acceptors (Lipinski definition) is 3. The van der Waals surface area contributed by atoms with E-state index in [1.54, 1.807) is 0 Å². The van der Waals surface area contributed by atoms with E-state index in [9.17, 15) is 4.79 Å². The summed E-state index contributed by atoms with van der Waals surface area (Å²) in [6, 6.07) is 0. The Hall–Kier alpha value is -0.570. The minimum atomic E-state index is 0.0394. The lowest BCUT2D eigenvalue weighted by molar-refractivity contribution is -0.148. The van der Waals surface area contributed by atoms with Gasteiger partial charge in [-0.1, -0.05) is 0 Å². The van der Waals surface area contributed by atoms with Crippen molar-refractivity contribution in [2.45, 2.75) is 19.8 Å². The summed E-state index contributed by atoms with van der Waals surface area (Å²) in [7, 11) is 0. The van der Waals surface area contributed by atoms with Crippen LogP contribution in [0, 0.1) is 23.2 Å². The zero-order valence-corrected chi connectivity index (χ0v) is 8.49. The molecule has 3 rings (SSSR count). The first-order valence-electron chi connectivity index (χ1n) is 5.50. The molecule has 3 aliphatic rings. The van der Waals surface area contributed by atoms with Crippen molar-refractivity contribution in [1.82, 2.24) is 0 Å². The molecule has 2 unspecified atom stereocenters. The van der Waals surface area contributed by atoms with Gasteiger partial charge in [0.15, 0.2) is 0 Å². The number of carbonyl (C=O) groups is 1. The molecule has 1 aliphatic heterocycles. The second-order valence-electron chi connectivity index (χ2n) is 5.01. The Balaban J connectivity index is 1.58. The van der Waals surface area contributed by atoms with E-state index in [1.807, 2.05) is 6.92 Å². The highest BCUT2D eigenvalue weighted by Gasteiger charge is 2.66. The first-order valence-corrected chi connectivity index (χ1v) is 5.50. The van der Waals surface area contributed by atoms with Gasteiger partial charge in [0.1, 0.15) is 0 Å².